The van der Waals surface area contributed by atoms with Gasteiger partial charge in [0.2, 0.25) is 5.82 Å². The summed E-state index contributed by atoms with van der Waals surface area (Å²) >= 11 is 11.6. The zero-order valence-corrected chi connectivity index (χ0v) is 19.5. The standard InChI is InChI=1S/C19H11Cl2F3N6O4S/c1-9(31)17-26-27-18(30(17)15-4-5-34-28-15)16-14(6-10(20)8-25-16)29-35(32,33)11-2-3-13(21)12(7-11)19(22,23)24/h2-8,29H,1H3. The highest BCUT2D eigenvalue weighted by Crippen LogP contribution is 2.37. The van der Waals surface area contributed by atoms with E-state index in [9.17, 15) is 26.4 Å². The Balaban J connectivity index is 1.85. The van der Waals surface area contributed by atoms with Crippen LogP contribution in [0.4, 0.5) is 18.9 Å². The number of carbonyl (C=O) groups is 1. The first-order valence-electron chi connectivity index (χ1n) is 9.31. The molecule has 0 unspecified atom stereocenters. The van der Waals surface area contributed by atoms with E-state index in [0.717, 1.165) is 18.2 Å². The van der Waals surface area contributed by atoms with Crippen molar-refractivity contribution in [3.63, 3.8) is 0 Å². The molecule has 35 heavy (non-hydrogen) atoms. The molecule has 3 aromatic heterocycles. The lowest BCUT2D eigenvalue weighted by Crippen LogP contribution is -2.16. The second kappa shape index (κ2) is 8.94. The zero-order valence-electron chi connectivity index (χ0n) is 17.2. The van der Waals surface area contributed by atoms with Gasteiger partial charge >= 0.3 is 6.18 Å². The molecule has 0 amide bonds. The van der Waals surface area contributed by atoms with E-state index in [1.165, 1.54) is 30.0 Å². The Morgan fingerprint density at radius 3 is 2.51 bits per heavy atom. The van der Waals surface area contributed by atoms with Gasteiger partial charge in [0.15, 0.2) is 17.4 Å². The minimum atomic E-state index is -4.89. The van der Waals surface area contributed by atoms with Crippen LogP contribution in [0.25, 0.3) is 17.3 Å². The monoisotopic (exact) mass is 546 g/mol. The molecular formula is C19H11Cl2F3N6O4S. The van der Waals surface area contributed by atoms with E-state index in [2.05, 4.69) is 25.1 Å². The van der Waals surface area contributed by atoms with Crippen molar-refractivity contribution in [2.75, 3.05) is 4.72 Å². The highest BCUT2D eigenvalue weighted by Gasteiger charge is 2.35. The van der Waals surface area contributed by atoms with E-state index in [-0.39, 0.29) is 33.9 Å². The van der Waals surface area contributed by atoms with Crippen LogP contribution in [0.2, 0.25) is 10.0 Å². The fourth-order valence-corrected chi connectivity index (χ4v) is 4.46. The van der Waals surface area contributed by atoms with E-state index in [4.69, 9.17) is 27.7 Å². The van der Waals surface area contributed by atoms with Crippen molar-refractivity contribution >= 4 is 44.7 Å². The molecular weight excluding hydrogens is 536 g/mol. The smallest absolute Gasteiger partial charge is 0.363 e. The van der Waals surface area contributed by atoms with Gasteiger partial charge in [0.25, 0.3) is 10.0 Å². The van der Waals surface area contributed by atoms with Gasteiger partial charge in [-0.25, -0.2) is 13.4 Å². The summed E-state index contributed by atoms with van der Waals surface area (Å²) in [7, 11) is -4.60. The van der Waals surface area contributed by atoms with Gasteiger partial charge in [-0.15, -0.1) is 10.2 Å². The number of sulfonamides is 1. The quantitative estimate of drug-likeness (QED) is 0.345. The van der Waals surface area contributed by atoms with E-state index in [1.54, 1.807) is 0 Å². The Bertz CT molecular complexity index is 1540. The molecule has 0 saturated heterocycles. The molecule has 0 spiro atoms. The van der Waals surface area contributed by atoms with Crippen LogP contribution in [0.3, 0.4) is 0 Å². The molecule has 0 aliphatic rings. The molecule has 16 heteroatoms. The lowest BCUT2D eigenvalue weighted by atomic mass is 10.2. The number of rotatable bonds is 6. The van der Waals surface area contributed by atoms with Crippen molar-refractivity contribution in [2.24, 2.45) is 0 Å². The lowest BCUT2D eigenvalue weighted by Gasteiger charge is -2.14. The average molecular weight is 547 g/mol. The molecule has 10 nitrogen and oxygen atoms in total. The summed E-state index contributed by atoms with van der Waals surface area (Å²) in [4.78, 5) is 15.4. The van der Waals surface area contributed by atoms with Gasteiger partial charge in [0, 0.05) is 19.2 Å². The van der Waals surface area contributed by atoms with Crippen LogP contribution < -0.4 is 4.72 Å². The number of hydrogen-bond donors (Lipinski definition) is 1. The summed E-state index contributed by atoms with van der Waals surface area (Å²) in [5.41, 5.74) is -1.73. The van der Waals surface area contributed by atoms with Crippen molar-refractivity contribution in [3.05, 3.63) is 64.2 Å². The van der Waals surface area contributed by atoms with Crippen molar-refractivity contribution in [1.82, 2.24) is 24.9 Å². The molecule has 0 saturated carbocycles. The van der Waals surface area contributed by atoms with E-state index < -0.39 is 37.5 Å². The Morgan fingerprint density at radius 2 is 1.89 bits per heavy atom. The normalized spacial score (nSPS) is 12.1. The first-order valence-corrected chi connectivity index (χ1v) is 11.5. The third-order valence-corrected chi connectivity index (χ3v) is 6.39. The number of anilines is 1. The Morgan fingerprint density at radius 1 is 1.14 bits per heavy atom. The topological polar surface area (TPSA) is 133 Å². The van der Waals surface area contributed by atoms with Gasteiger partial charge in [0.1, 0.15) is 12.0 Å². The van der Waals surface area contributed by atoms with Crippen molar-refractivity contribution in [2.45, 2.75) is 18.0 Å². The van der Waals surface area contributed by atoms with Crippen LogP contribution in [-0.4, -0.2) is 39.1 Å². The van der Waals surface area contributed by atoms with Crippen LogP contribution in [0.15, 0.2) is 52.2 Å². The Hall–Kier alpha value is -3.49. The molecule has 1 N–H and O–H groups in total. The van der Waals surface area contributed by atoms with Gasteiger partial charge in [-0.2, -0.15) is 13.2 Å². The first kappa shape index (κ1) is 24.6. The fourth-order valence-electron chi connectivity index (χ4n) is 2.99. The molecule has 1 aromatic carbocycles. The number of alkyl halides is 3. The minimum Gasteiger partial charge on any atom is -0.363 e. The molecule has 4 aromatic rings. The van der Waals surface area contributed by atoms with E-state index in [0.29, 0.717) is 6.07 Å². The van der Waals surface area contributed by atoms with Crippen molar-refractivity contribution in [3.8, 4) is 17.3 Å². The molecule has 0 aliphatic heterocycles. The number of pyridine rings is 1. The number of ketones is 1. The predicted octanol–water partition coefficient (Wildman–Crippen LogP) is 4.65. The maximum Gasteiger partial charge on any atom is 0.417 e. The van der Waals surface area contributed by atoms with Crippen molar-refractivity contribution in [1.29, 1.82) is 0 Å². The lowest BCUT2D eigenvalue weighted by molar-refractivity contribution is -0.137. The van der Waals surface area contributed by atoms with Gasteiger partial charge in [-0.3, -0.25) is 14.1 Å². The average Bonchev–Trinajstić information content (AvgIpc) is 3.42. The van der Waals surface area contributed by atoms with Crippen LogP contribution >= 0.6 is 23.2 Å². The molecule has 0 fully saturated rings. The second-order valence-corrected chi connectivity index (χ2v) is 9.42. The largest absolute Gasteiger partial charge is 0.417 e. The van der Waals surface area contributed by atoms with Crippen LogP contribution in [0.5, 0.6) is 0 Å². The maximum absolute atomic E-state index is 13.2. The highest BCUT2D eigenvalue weighted by molar-refractivity contribution is 7.92. The maximum atomic E-state index is 13.2. The van der Waals surface area contributed by atoms with E-state index >= 15 is 0 Å². The predicted molar refractivity (Wildman–Crippen MR) is 117 cm³/mol. The van der Waals surface area contributed by atoms with Gasteiger partial charge in [-0.05, 0) is 24.3 Å². The molecule has 0 radical (unpaired) electrons. The number of Topliss-reactive ketones (excluding diaryl/α,β-unsaturated/α-hetero) is 1. The SMILES string of the molecule is CC(=O)c1nnc(-c2ncc(Cl)cc2NS(=O)(=O)c2ccc(Cl)c(C(F)(F)F)c2)n1-c1ccon1. The fraction of sp³-hybridized carbons (Fsp3) is 0.105. The number of benzene rings is 1. The molecule has 0 aliphatic carbocycles. The zero-order chi connectivity index (χ0) is 25.5. The Labute approximate surface area is 204 Å². The third kappa shape index (κ3) is 4.85. The van der Waals surface area contributed by atoms with E-state index in [1.807, 2.05) is 0 Å². The number of hydrogen-bond acceptors (Lipinski definition) is 8. The second-order valence-electron chi connectivity index (χ2n) is 6.89. The number of nitrogens with one attached hydrogen (secondary N) is 1. The van der Waals surface area contributed by atoms with Crippen LogP contribution in [-0.2, 0) is 16.2 Å². The molecule has 4 rings (SSSR count). The summed E-state index contributed by atoms with van der Waals surface area (Å²) < 4.78 is 73.9. The van der Waals surface area contributed by atoms with Gasteiger partial charge in [0.05, 0.1) is 26.2 Å². The summed E-state index contributed by atoms with van der Waals surface area (Å²) in [5.74, 6) is -0.686. The molecule has 3 heterocycles. The summed E-state index contributed by atoms with van der Waals surface area (Å²) in [6, 6.07) is 4.68. The molecule has 182 valence electrons. The third-order valence-electron chi connectivity index (χ3n) is 4.50. The number of carbonyl (C=O) groups excluding carboxylic acids is 1. The molecule has 0 bridgehead atoms. The van der Waals surface area contributed by atoms with Crippen LogP contribution in [0.1, 0.15) is 23.1 Å². The molecule has 0 atom stereocenters. The van der Waals surface area contributed by atoms with Gasteiger partial charge in [-0.1, -0.05) is 28.4 Å². The summed E-state index contributed by atoms with van der Waals surface area (Å²) in [6.07, 6.45) is -2.49. The number of aromatic nitrogens is 5. The first-order chi connectivity index (χ1) is 16.4. The minimum absolute atomic E-state index is 0.00201. The highest BCUT2D eigenvalue weighted by atomic mass is 35.5. The summed E-state index contributed by atoms with van der Waals surface area (Å²) in [5, 5.41) is 10.8. The Kier molecular flexibility index (Phi) is 6.29. The van der Waals surface area contributed by atoms with Crippen molar-refractivity contribution < 1.29 is 30.9 Å². The number of nitrogens with zero attached hydrogens (tertiary/aromatic N) is 5. The van der Waals surface area contributed by atoms with Crippen LogP contribution in [0, 0.1) is 0 Å². The summed E-state index contributed by atoms with van der Waals surface area (Å²) in [6.45, 7) is 1.22. The number of halogens is 5. The van der Waals surface area contributed by atoms with Gasteiger partial charge < -0.3 is 4.52 Å².